The van der Waals surface area contributed by atoms with E-state index in [-0.39, 0.29) is 17.7 Å². The fraction of sp³-hybridized carbons (Fsp3) is 0.333. The Morgan fingerprint density at radius 2 is 1.58 bits per heavy atom. The van der Waals surface area contributed by atoms with Crippen LogP contribution in [0.3, 0.4) is 0 Å². The molecule has 3 heteroatoms. The van der Waals surface area contributed by atoms with Crippen LogP contribution in [0.4, 0.5) is 0 Å². The first kappa shape index (κ1) is 16.4. The highest BCUT2D eigenvalue weighted by Crippen LogP contribution is 2.23. The summed E-state index contributed by atoms with van der Waals surface area (Å²) in [7, 11) is 0. The maximum Gasteiger partial charge on any atom is 0.223 e. The van der Waals surface area contributed by atoms with Gasteiger partial charge in [-0.25, -0.2) is 0 Å². The van der Waals surface area contributed by atoms with Crippen molar-refractivity contribution in [1.29, 1.82) is 0 Å². The van der Waals surface area contributed by atoms with E-state index in [1.54, 1.807) is 4.90 Å². The van der Waals surface area contributed by atoms with Crippen LogP contribution in [0.1, 0.15) is 36.8 Å². The molecule has 1 aliphatic heterocycles. The molecule has 1 saturated heterocycles. The Morgan fingerprint density at radius 1 is 0.958 bits per heavy atom. The quantitative estimate of drug-likeness (QED) is 0.778. The van der Waals surface area contributed by atoms with Crippen LogP contribution < -0.4 is 0 Å². The Kier molecular flexibility index (Phi) is 5.42. The molecule has 1 amide bonds. The van der Waals surface area contributed by atoms with Crippen molar-refractivity contribution in [1.82, 2.24) is 4.90 Å². The summed E-state index contributed by atoms with van der Waals surface area (Å²) < 4.78 is 0. The lowest BCUT2D eigenvalue weighted by Crippen LogP contribution is -2.38. The molecule has 0 saturated carbocycles. The number of nitrogens with zero attached hydrogens (tertiary/aromatic N) is 1. The molecule has 1 atom stereocenters. The molecule has 24 heavy (non-hydrogen) atoms. The Balaban J connectivity index is 1.55. The lowest BCUT2D eigenvalue weighted by Gasteiger charge is -2.24. The molecule has 1 heterocycles. The minimum Gasteiger partial charge on any atom is -0.328 e. The minimum absolute atomic E-state index is 0.0975. The highest BCUT2D eigenvalue weighted by Gasteiger charge is 2.35. The Bertz CT molecular complexity index is 681. The first-order valence-corrected chi connectivity index (χ1v) is 8.64. The van der Waals surface area contributed by atoms with Crippen molar-refractivity contribution in [3.05, 3.63) is 71.8 Å². The van der Waals surface area contributed by atoms with Crippen molar-refractivity contribution >= 4 is 11.7 Å². The molecular weight excluding hydrogens is 298 g/mol. The van der Waals surface area contributed by atoms with Crippen molar-refractivity contribution in [2.75, 3.05) is 0 Å². The third-order valence-electron chi connectivity index (χ3n) is 4.63. The van der Waals surface area contributed by atoms with E-state index < -0.39 is 0 Å². The van der Waals surface area contributed by atoms with E-state index in [1.165, 1.54) is 5.56 Å². The van der Waals surface area contributed by atoms with Crippen molar-refractivity contribution in [3.63, 3.8) is 0 Å². The van der Waals surface area contributed by atoms with Gasteiger partial charge in [0.25, 0.3) is 0 Å². The Labute approximate surface area is 143 Å². The lowest BCUT2D eigenvalue weighted by atomic mass is 10.0. The minimum atomic E-state index is -0.242. The molecule has 0 N–H and O–H groups in total. The standard InChI is InChI=1S/C21H23NO2/c23-20(13-7-12-17-8-3-1-4-9-17)19-14-15-21(24)22(19)16-18-10-5-2-6-11-18/h1-6,8-11,19H,7,12-16H2/t19-/m0/s1. The van der Waals surface area contributed by atoms with Crippen molar-refractivity contribution in [2.45, 2.75) is 44.7 Å². The summed E-state index contributed by atoms with van der Waals surface area (Å²) in [6, 6.07) is 19.9. The predicted octanol–water partition coefficient (Wildman–Crippen LogP) is 3.77. The second-order valence-corrected chi connectivity index (χ2v) is 6.37. The highest BCUT2D eigenvalue weighted by atomic mass is 16.2. The van der Waals surface area contributed by atoms with E-state index in [0.29, 0.717) is 25.8 Å². The van der Waals surface area contributed by atoms with Gasteiger partial charge in [-0.2, -0.15) is 0 Å². The van der Waals surface area contributed by atoms with Crippen molar-refractivity contribution < 1.29 is 9.59 Å². The number of hydrogen-bond acceptors (Lipinski definition) is 2. The molecule has 0 spiro atoms. The zero-order chi connectivity index (χ0) is 16.8. The predicted molar refractivity (Wildman–Crippen MR) is 94.4 cm³/mol. The van der Waals surface area contributed by atoms with E-state index in [0.717, 1.165) is 18.4 Å². The smallest absolute Gasteiger partial charge is 0.223 e. The number of Topliss-reactive ketones (excluding diaryl/α,β-unsaturated/α-hetero) is 1. The average Bonchev–Trinajstić information content (AvgIpc) is 2.97. The fourth-order valence-electron chi connectivity index (χ4n) is 3.32. The summed E-state index contributed by atoms with van der Waals surface area (Å²) in [6.07, 6.45) is 3.44. The molecule has 3 nitrogen and oxygen atoms in total. The summed E-state index contributed by atoms with van der Waals surface area (Å²) in [4.78, 5) is 26.5. The molecule has 3 rings (SSSR count). The van der Waals surface area contributed by atoms with Crippen LogP contribution in [0.25, 0.3) is 0 Å². The SMILES string of the molecule is O=C(CCCc1ccccc1)[C@@H]1CCC(=O)N1Cc1ccccc1. The molecule has 0 radical (unpaired) electrons. The third-order valence-corrected chi connectivity index (χ3v) is 4.63. The second kappa shape index (κ2) is 7.91. The van der Waals surface area contributed by atoms with Crippen LogP contribution >= 0.6 is 0 Å². The molecule has 2 aromatic carbocycles. The van der Waals surface area contributed by atoms with Gasteiger partial charge in [0.15, 0.2) is 5.78 Å². The largest absolute Gasteiger partial charge is 0.328 e. The van der Waals surface area contributed by atoms with Gasteiger partial charge in [-0.3, -0.25) is 9.59 Å². The zero-order valence-electron chi connectivity index (χ0n) is 13.9. The maximum atomic E-state index is 12.6. The number of rotatable bonds is 7. The van der Waals surface area contributed by atoms with Crippen molar-refractivity contribution in [3.8, 4) is 0 Å². The van der Waals surface area contributed by atoms with Gasteiger partial charge in [-0.1, -0.05) is 60.7 Å². The van der Waals surface area contributed by atoms with Crippen LogP contribution in [-0.4, -0.2) is 22.6 Å². The lowest BCUT2D eigenvalue weighted by molar-refractivity contribution is -0.135. The van der Waals surface area contributed by atoms with Crippen LogP contribution in [0.2, 0.25) is 0 Å². The molecule has 0 unspecified atom stereocenters. The maximum absolute atomic E-state index is 12.6. The number of benzene rings is 2. The Hall–Kier alpha value is -2.42. The number of likely N-dealkylation sites (tertiary alicyclic amines) is 1. The molecule has 0 bridgehead atoms. The van der Waals surface area contributed by atoms with Gasteiger partial charge in [0.1, 0.15) is 0 Å². The molecule has 1 aliphatic rings. The van der Waals surface area contributed by atoms with Gasteiger partial charge in [0.2, 0.25) is 5.91 Å². The van der Waals surface area contributed by atoms with E-state index >= 15 is 0 Å². The number of carbonyl (C=O) groups excluding carboxylic acids is 2. The summed E-state index contributed by atoms with van der Waals surface area (Å²) in [5.74, 6) is 0.299. The van der Waals surface area contributed by atoms with E-state index in [2.05, 4.69) is 12.1 Å². The highest BCUT2D eigenvalue weighted by molar-refractivity contribution is 5.92. The van der Waals surface area contributed by atoms with Gasteiger partial charge in [0.05, 0.1) is 6.04 Å². The number of hydrogen-bond donors (Lipinski definition) is 0. The molecule has 1 fully saturated rings. The molecule has 124 valence electrons. The van der Waals surface area contributed by atoms with Gasteiger partial charge < -0.3 is 4.90 Å². The topological polar surface area (TPSA) is 37.4 Å². The molecular formula is C21H23NO2. The summed E-state index contributed by atoms with van der Waals surface area (Å²) in [6.45, 7) is 0.536. The molecule has 2 aromatic rings. The van der Waals surface area contributed by atoms with Gasteiger partial charge in [-0.05, 0) is 30.4 Å². The molecule has 0 aromatic heterocycles. The normalized spacial score (nSPS) is 17.2. The summed E-state index contributed by atoms with van der Waals surface area (Å²) in [5, 5.41) is 0. The fourth-order valence-corrected chi connectivity index (χ4v) is 3.32. The van der Waals surface area contributed by atoms with Crippen LogP contribution in [-0.2, 0) is 22.6 Å². The van der Waals surface area contributed by atoms with Crippen LogP contribution in [0.5, 0.6) is 0 Å². The van der Waals surface area contributed by atoms with Crippen LogP contribution in [0, 0.1) is 0 Å². The second-order valence-electron chi connectivity index (χ2n) is 6.37. The molecule has 0 aliphatic carbocycles. The third kappa shape index (κ3) is 4.10. The monoisotopic (exact) mass is 321 g/mol. The zero-order valence-corrected chi connectivity index (χ0v) is 13.9. The van der Waals surface area contributed by atoms with E-state index in [1.807, 2.05) is 48.5 Å². The number of aryl methyl sites for hydroxylation is 1. The van der Waals surface area contributed by atoms with Gasteiger partial charge >= 0.3 is 0 Å². The summed E-state index contributed by atoms with van der Waals surface area (Å²) >= 11 is 0. The first-order valence-electron chi connectivity index (χ1n) is 8.64. The van der Waals surface area contributed by atoms with E-state index in [9.17, 15) is 9.59 Å². The first-order chi connectivity index (χ1) is 11.7. The number of carbonyl (C=O) groups is 2. The van der Waals surface area contributed by atoms with Gasteiger partial charge in [0, 0.05) is 19.4 Å². The van der Waals surface area contributed by atoms with Crippen molar-refractivity contribution in [2.24, 2.45) is 0 Å². The average molecular weight is 321 g/mol. The summed E-state index contributed by atoms with van der Waals surface area (Å²) in [5.41, 5.74) is 2.34. The number of ketones is 1. The number of amides is 1. The van der Waals surface area contributed by atoms with Crippen LogP contribution in [0.15, 0.2) is 60.7 Å². The Morgan fingerprint density at radius 3 is 2.25 bits per heavy atom. The van der Waals surface area contributed by atoms with Gasteiger partial charge in [-0.15, -0.1) is 0 Å². The van der Waals surface area contributed by atoms with E-state index in [4.69, 9.17) is 0 Å².